The lowest BCUT2D eigenvalue weighted by atomic mass is 9.88. The minimum atomic E-state index is -4.82. The van der Waals surface area contributed by atoms with Gasteiger partial charge in [0.25, 0.3) is 5.91 Å². The molecular weight excluding hydrogens is 395 g/mol. The zero-order valence-electron chi connectivity index (χ0n) is 14.7. The SMILES string of the molecule is O=C(c1ccc(Cl)cc1)C1CCN(C(=O)c2cccc(OC(F)(F)F)c2)CC1. The normalized spacial score (nSPS) is 15.4. The second kappa shape index (κ2) is 8.22. The molecular formula is C20H17ClF3NO3. The molecule has 2 aromatic carbocycles. The fourth-order valence-corrected chi connectivity index (χ4v) is 3.33. The molecule has 148 valence electrons. The number of hydrogen-bond donors (Lipinski definition) is 0. The van der Waals surface area contributed by atoms with Crippen LogP contribution in [0.15, 0.2) is 48.5 Å². The second-order valence-corrected chi connectivity index (χ2v) is 6.95. The maximum Gasteiger partial charge on any atom is 0.573 e. The summed E-state index contributed by atoms with van der Waals surface area (Å²) in [7, 11) is 0. The van der Waals surface area contributed by atoms with Gasteiger partial charge < -0.3 is 9.64 Å². The molecule has 0 saturated carbocycles. The lowest BCUT2D eigenvalue weighted by Crippen LogP contribution is -2.40. The molecule has 0 unspecified atom stereocenters. The summed E-state index contributed by atoms with van der Waals surface area (Å²) >= 11 is 5.83. The van der Waals surface area contributed by atoms with Crippen LogP contribution in [0.25, 0.3) is 0 Å². The smallest absolute Gasteiger partial charge is 0.406 e. The highest BCUT2D eigenvalue weighted by atomic mass is 35.5. The summed E-state index contributed by atoms with van der Waals surface area (Å²) < 4.78 is 40.9. The van der Waals surface area contributed by atoms with Crippen LogP contribution in [0.5, 0.6) is 5.75 Å². The van der Waals surface area contributed by atoms with Crippen molar-refractivity contribution in [2.75, 3.05) is 13.1 Å². The maximum atomic E-state index is 12.6. The Morgan fingerprint density at radius 3 is 2.25 bits per heavy atom. The highest BCUT2D eigenvalue weighted by Crippen LogP contribution is 2.26. The predicted molar refractivity (Wildman–Crippen MR) is 97.5 cm³/mol. The molecule has 1 heterocycles. The van der Waals surface area contributed by atoms with Crippen molar-refractivity contribution in [2.45, 2.75) is 19.2 Å². The molecule has 1 aliphatic heterocycles. The number of carbonyl (C=O) groups excluding carboxylic acids is 2. The van der Waals surface area contributed by atoms with Gasteiger partial charge in [0.1, 0.15) is 5.75 Å². The van der Waals surface area contributed by atoms with Crippen LogP contribution in [-0.4, -0.2) is 36.0 Å². The van der Waals surface area contributed by atoms with Gasteiger partial charge in [0.05, 0.1) is 0 Å². The van der Waals surface area contributed by atoms with E-state index in [1.54, 1.807) is 29.2 Å². The second-order valence-electron chi connectivity index (χ2n) is 6.51. The molecule has 1 aliphatic rings. The van der Waals surface area contributed by atoms with Gasteiger partial charge in [-0.25, -0.2) is 0 Å². The Kier molecular flexibility index (Phi) is 5.93. The van der Waals surface area contributed by atoms with Crippen LogP contribution in [-0.2, 0) is 0 Å². The van der Waals surface area contributed by atoms with E-state index in [1.165, 1.54) is 12.1 Å². The van der Waals surface area contributed by atoms with Gasteiger partial charge in [-0.2, -0.15) is 0 Å². The highest BCUT2D eigenvalue weighted by molar-refractivity contribution is 6.30. The fourth-order valence-electron chi connectivity index (χ4n) is 3.20. The number of benzene rings is 2. The number of halogens is 4. The van der Waals surface area contributed by atoms with E-state index in [4.69, 9.17) is 11.6 Å². The van der Waals surface area contributed by atoms with Crippen molar-refractivity contribution in [1.82, 2.24) is 4.90 Å². The van der Waals surface area contributed by atoms with Crippen molar-refractivity contribution >= 4 is 23.3 Å². The van der Waals surface area contributed by atoms with Crippen molar-refractivity contribution < 1.29 is 27.5 Å². The average molecular weight is 412 g/mol. The first kappa shape index (κ1) is 20.2. The standard InChI is InChI=1S/C20H17ClF3NO3/c21-16-6-4-13(5-7-16)18(26)14-8-10-25(11-9-14)19(27)15-2-1-3-17(12-15)28-20(22,23)24/h1-7,12,14H,8-11H2. The molecule has 3 rings (SSSR count). The van der Waals surface area contributed by atoms with E-state index in [0.717, 1.165) is 12.1 Å². The van der Waals surface area contributed by atoms with E-state index in [-0.39, 0.29) is 23.2 Å². The van der Waals surface area contributed by atoms with Gasteiger partial charge in [-0.1, -0.05) is 17.7 Å². The van der Waals surface area contributed by atoms with Crippen molar-refractivity contribution in [3.8, 4) is 5.75 Å². The van der Waals surface area contributed by atoms with Gasteiger partial charge in [-0.3, -0.25) is 9.59 Å². The Morgan fingerprint density at radius 2 is 1.64 bits per heavy atom. The molecule has 2 aromatic rings. The number of ketones is 1. The van der Waals surface area contributed by atoms with E-state index in [0.29, 0.717) is 36.5 Å². The van der Waals surface area contributed by atoms with E-state index >= 15 is 0 Å². The van der Waals surface area contributed by atoms with Crippen molar-refractivity contribution in [3.63, 3.8) is 0 Å². The summed E-state index contributed by atoms with van der Waals surface area (Å²) in [6, 6.07) is 11.7. The summed E-state index contributed by atoms with van der Waals surface area (Å²) in [4.78, 5) is 26.7. The van der Waals surface area contributed by atoms with Gasteiger partial charge >= 0.3 is 6.36 Å². The monoisotopic (exact) mass is 411 g/mol. The van der Waals surface area contributed by atoms with Gasteiger partial charge in [0.15, 0.2) is 5.78 Å². The molecule has 1 fully saturated rings. The average Bonchev–Trinajstić information content (AvgIpc) is 2.66. The van der Waals surface area contributed by atoms with Crippen molar-refractivity contribution in [2.24, 2.45) is 5.92 Å². The van der Waals surface area contributed by atoms with E-state index in [1.807, 2.05) is 0 Å². The summed E-state index contributed by atoms with van der Waals surface area (Å²) in [5, 5.41) is 0.550. The Morgan fingerprint density at radius 1 is 1.00 bits per heavy atom. The van der Waals surface area contributed by atoms with Crippen LogP contribution >= 0.6 is 11.6 Å². The third-order valence-corrected chi connectivity index (χ3v) is 4.85. The van der Waals surface area contributed by atoms with E-state index < -0.39 is 12.1 Å². The Bertz CT molecular complexity index is 860. The Labute approximate surface area is 164 Å². The summed E-state index contributed by atoms with van der Waals surface area (Å²) in [6.45, 7) is 0.709. The van der Waals surface area contributed by atoms with Gasteiger partial charge in [0, 0.05) is 35.2 Å². The molecule has 0 bridgehead atoms. The molecule has 1 saturated heterocycles. The van der Waals surface area contributed by atoms with Crippen molar-refractivity contribution in [1.29, 1.82) is 0 Å². The molecule has 0 N–H and O–H groups in total. The number of nitrogens with zero attached hydrogens (tertiary/aromatic N) is 1. The summed E-state index contributed by atoms with van der Waals surface area (Å²) in [6.07, 6.45) is -3.83. The molecule has 28 heavy (non-hydrogen) atoms. The molecule has 0 atom stereocenters. The quantitative estimate of drug-likeness (QED) is 0.667. The zero-order chi connectivity index (χ0) is 20.3. The first-order valence-electron chi connectivity index (χ1n) is 8.68. The minimum absolute atomic E-state index is 0.00402. The van der Waals surface area contributed by atoms with Gasteiger partial charge in [-0.15, -0.1) is 13.2 Å². The highest BCUT2D eigenvalue weighted by Gasteiger charge is 2.32. The van der Waals surface area contributed by atoms with Crippen LogP contribution in [0, 0.1) is 5.92 Å². The number of piperidine rings is 1. The Balaban J connectivity index is 1.61. The van der Waals surface area contributed by atoms with Crippen LogP contribution < -0.4 is 4.74 Å². The molecule has 8 heteroatoms. The lowest BCUT2D eigenvalue weighted by Gasteiger charge is -2.31. The predicted octanol–water partition coefficient (Wildman–Crippen LogP) is 4.97. The number of likely N-dealkylation sites (tertiary alicyclic amines) is 1. The minimum Gasteiger partial charge on any atom is -0.406 e. The molecule has 0 spiro atoms. The van der Waals surface area contributed by atoms with Gasteiger partial charge in [-0.05, 0) is 55.3 Å². The molecule has 1 amide bonds. The number of carbonyl (C=O) groups is 2. The summed E-state index contributed by atoms with van der Waals surface area (Å²) in [5.74, 6) is -1.02. The lowest BCUT2D eigenvalue weighted by molar-refractivity contribution is -0.274. The number of amides is 1. The Hall–Kier alpha value is -2.54. The van der Waals surface area contributed by atoms with Gasteiger partial charge in [0.2, 0.25) is 0 Å². The van der Waals surface area contributed by atoms with Crippen LogP contribution in [0.2, 0.25) is 5.02 Å². The number of alkyl halides is 3. The first-order valence-corrected chi connectivity index (χ1v) is 9.05. The van der Waals surface area contributed by atoms with E-state index in [9.17, 15) is 22.8 Å². The molecule has 0 aliphatic carbocycles. The molecule has 0 aromatic heterocycles. The summed E-state index contributed by atoms with van der Waals surface area (Å²) in [5.41, 5.74) is 0.690. The number of hydrogen-bond acceptors (Lipinski definition) is 3. The third kappa shape index (κ3) is 5.04. The first-order chi connectivity index (χ1) is 13.2. The van der Waals surface area contributed by atoms with Crippen molar-refractivity contribution in [3.05, 3.63) is 64.7 Å². The third-order valence-electron chi connectivity index (χ3n) is 4.60. The molecule has 4 nitrogen and oxygen atoms in total. The number of ether oxygens (including phenoxy) is 1. The maximum absolute atomic E-state index is 12.6. The van der Waals surface area contributed by atoms with Crippen LogP contribution in [0.4, 0.5) is 13.2 Å². The molecule has 0 radical (unpaired) electrons. The van der Waals surface area contributed by atoms with Crippen LogP contribution in [0.3, 0.4) is 0 Å². The number of rotatable bonds is 4. The van der Waals surface area contributed by atoms with Crippen LogP contribution in [0.1, 0.15) is 33.6 Å². The largest absolute Gasteiger partial charge is 0.573 e. The fraction of sp³-hybridized carbons (Fsp3) is 0.300. The number of Topliss-reactive ketones (excluding diaryl/α,β-unsaturated/α-hetero) is 1. The topological polar surface area (TPSA) is 46.6 Å². The zero-order valence-corrected chi connectivity index (χ0v) is 15.5. The van der Waals surface area contributed by atoms with E-state index in [2.05, 4.69) is 4.74 Å².